The maximum atomic E-state index is 12.7. The summed E-state index contributed by atoms with van der Waals surface area (Å²) in [7, 11) is -1.96. The number of amides is 2. The maximum Gasteiger partial charge on any atom is 0.410 e. The standard InChI is InChI=1S/C19H27N3O5S/c1-6-17(23)20-15-7-9-16(10-8-15)28(25,26)22-12-14(13-22)11-21(5)18(24)27-19(2,3)4/h6-10,14H,1,11-13H2,2-5H3,(H,20,23). The van der Waals surface area contributed by atoms with Crippen LogP contribution in [-0.2, 0) is 19.6 Å². The van der Waals surface area contributed by atoms with Crippen molar-refractivity contribution in [3.05, 3.63) is 36.9 Å². The molecule has 154 valence electrons. The average Bonchev–Trinajstić information content (AvgIpc) is 2.56. The third-order valence-corrected chi connectivity index (χ3v) is 5.95. The number of anilines is 1. The summed E-state index contributed by atoms with van der Waals surface area (Å²) in [6.45, 7) is 9.85. The first-order valence-corrected chi connectivity index (χ1v) is 10.3. The van der Waals surface area contributed by atoms with Crippen molar-refractivity contribution in [2.75, 3.05) is 32.0 Å². The van der Waals surface area contributed by atoms with Gasteiger partial charge >= 0.3 is 6.09 Å². The molecule has 8 nitrogen and oxygen atoms in total. The number of benzene rings is 1. The van der Waals surface area contributed by atoms with E-state index in [2.05, 4.69) is 11.9 Å². The summed E-state index contributed by atoms with van der Waals surface area (Å²) < 4.78 is 32.0. The van der Waals surface area contributed by atoms with Gasteiger partial charge in [-0.3, -0.25) is 4.79 Å². The zero-order chi connectivity index (χ0) is 21.1. The molecule has 9 heteroatoms. The maximum absolute atomic E-state index is 12.7. The highest BCUT2D eigenvalue weighted by Gasteiger charge is 2.38. The first kappa shape index (κ1) is 21.9. The van der Waals surface area contributed by atoms with E-state index in [-0.39, 0.29) is 16.7 Å². The largest absolute Gasteiger partial charge is 0.444 e. The predicted octanol–water partition coefficient (Wildman–Crippen LogP) is 2.30. The van der Waals surface area contributed by atoms with Gasteiger partial charge < -0.3 is 15.0 Å². The van der Waals surface area contributed by atoms with Gasteiger partial charge in [-0.1, -0.05) is 6.58 Å². The van der Waals surface area contributed by atoms with Crippen LogP contribution < -0.4 is 5.32 Å². The van der Waals surface area contributed by atoms with Crippen LogP contribution in [0.3, 0.4) is 0 Å². The lowest BCUT2D eigenvalue weighted by Gasteiger charge is -2.39. The lowest BCUT2D eigenvalue weighted by atomic mass is 10.0. The highest BCUT2D eigenvalue weighted by Crippen LogP contribution is 2.26. The molecule has 1 aromatic carbocycles. The number of hydrogen-bond acceptors (Lipinski definition) is 5. The lowest BCUT2D eigenvalue weighted by Crippen LogP contribution is -2.54. The highest BCUT2D eigenvalue weighted by atomic mass is 32.2. The van der Waals surface area contributed by atoms with E-state index in [9.17, 15) is 18.0 Å². The molecule has 28 heavy (non-hydrogen) atoms. The van der Waals surface area contributed by atoms with Crippen molar-refractivity contribution < 1.29 is 22.7 Å². The van der Waals surface area contributed by atoms with Gasteiger partial charge in [0.15, 0.2) is 0 Å². The van der Waals surface area contributed by atoms with Gasteiger partial charge in [0.05, 0.1) is 4.90 Å². The van der Waals surface area contributed by atoms with Crippen molar-refractivity contribution in [2.45, 2.75) is 31.3 Å². The molecule has 0 aromatic heterocycles. The Labute approximate surface area is 166 Å². The fourth-order valence-corrected chi connectivity index (χ4v) is 4.28. The Balaban J connectivity index is 1.91. The molecule has 1 aliphatic heterocycles. The molecule has 2 rings (SSSR count). The molecule has 0 radical (unpaired) electrons. The lowest BCUT2D eigenvalue weighted by molar-refractivity contribution is -0.111. The summed E-state index contributed by atoms with van der Waals surface area (Å²) in [5, 5.41) is 2.57. The second-order valence-electron chi connectivity index (χ2n) is 7.77. The molecule has 1 fully saturated rings. The number of ether oxygens (including phenoxy) is 1. The Morgan fingerprint density at radius 2 is 1.86 bits per heavy atom. The molecule has 1 N–H and O–H groups in total. The van der Waals surface area contributed by atoms with Gasteiger partial charge in [-0.15, -0.1) is 0 Å². The fourth-order valence-electron chi connectivity index (χ4n) is 2.69. The molecule has 0 unspecified atom stereocenters. The van der Waals surface area contributed by atoms with Gasteiger partial charge in [-0.25, -0.2) is 13.2 Å². The van der Waals surface area contributed by atoms with Crippen LogP contribution >= 0.6 is 0 Å². The average molecular weight is 410 g/mol. The van der Waals surface area contributed by atoms with Crippen molar-refractivity contribution in [3.63, 3.8) is 0 Å². The second-order valence-corrected chi connectivity index (χ2v) is 9.70. The van der Waals surface area contributed by atoms with Crippen LogP contribution in [-0.4, -0.2) is 61.9 Å². The molecule has 0 bridgehead atoms. The van der Waals surface area contributed by atoms with Crippen LogP contribution in [0.1, 0.15) is 20.8 Å². The normalized spacial score (nSPS) is 15.4. The minimum Gasteiger partial charge on any atom is -0.444 e. The summed E-state index contributed by atoms with van der Waals surface area (Å²) in [6.07, 6.45) is 0.713. The van der Waals surface area contributed by atoms with Crippen LogP contribution in [0.15, 0.2) is 41.8 Å². The molecule has 0 atom stereocenters. The molecule has 0 saturated carbocycles. The minimum absolute atomic E-state index is 0.0541. The van der Waals surface area contributed by atoms with Crippen molar-refractivity contribution in [3.8, 4) is 0 Å². The van der Waals surface area contributed by atoms with Crippen molar-refractivity contribution >= 4 is 27.7 Å². The number of nitrogens with one attached hydrogen (secondary N) is 1. The zero-order valence-corrected chi connectivity index (χ0v) is 17.5. The summed E-state index contributed by atoms with van der Waals surface area (Å²) in [5.74, 6) is -0.311. The van der Waals surface area contributed by atoms with Gasteiger partial charge in [0, 0.05) is 38.3 Å². The van der Waals surface area contributed by atoms with Crippen molar-refractivity contribution in [2.24, 2.45) is 5.92 Å². The molecule has 0 aliphatic carbocycles. The molecule has 1 saturated heterocycles. The van der Waals surface area contributed by atoms with Gasteiger partial charge in [-0.05, 0) is 51.1 Å². The third-order valence-electron chi connectivity index (χ3n) is 4.11. The van der Waals surface area contributed by atoms with Gasteiger partial charge in [0.25, 0.3) is 0 Å². The van der Waals surface area contributed by atoms with E-state index >= 15 is 0 Å². The second kappa shape index (κ2) is 8.32. The van der Waals surface area contributed by atoms with E-state index in [4.69, 9.17) is 4.74 Å². The van der Waals surface area contributed by atoms with E-state index in [0.29, 0.717) is 25.3 Å². The fraction of sp³-hybridized carbons (Fsp3) is 0.474. The van der Waals surface area contributed by atoms with Gasteiger partial charge in [-0.2, -0.15) is 4.31 Å². The number of rotatable bonds is 6. The monoisotopic (exact) mass is 409 g/mol. The van der Waals surface area contributed by atoms with Crippen molar-refractivity contribution in [1.29, 1.82) is 0 Å². The predicted molar refractivity (Wildman–Crippen MR) is 106 cm³/mol. The number of nitrogens with zero attached hydrogens (tertiary/aromatic N) is 2. The zero-order valence-electron chi connectivity index (χ0n) is 16.6. The molecule has 1 aliphatic rings. The Kier molecular flexibility index (Phi) is 6.51. The molecular formula is C19H27N3O5S. The first-order valence-electron chi connectivity index (χ1n) is 8.90. The summed E-state index contributed by atoms with van der Waals surface area (Å²) in [4.78, 5) is 24.9. The van der Waals surface area contributed by atoms with E-state index in [0.717, 1.165) is 6.08 Å². The van der Waals surface area contributed by atoms with Crippen LogP contribution in [0.5, 0.6) is 0 Å². The smallest absolute Gasteiger partial charge is 0.410 e. The molecular weight excluding hydrogens is 382 g/mol. The molecule has 1 aromatic rings. The third kappa shape index (κ3) is 5.56. The first-order chi connectivity index (χ1) is 12.9. The van der Waals surface area contributed by atoms with Gasteiger partial charge in [0.1, 0.15) is 5.60 Å². The summed E-state index contributed by atoms with van der Waals surface area (Å²) in [5.41, 5.74) is -0.0817. The van der Waals surface area contributed by atoms with Crippen LogP contribution in [0.25, 0.3) is 0 Å². The Morgan fingerprint density at radius 1 is 1.29 bits per heavy atom. The quantitative estimate of drug-likeness (QED) is 0.728. The van der Waals surface area contributed by atoms with Crippen LogP contribution in [0.4, 0.5) is 10.5 Å². The molecule has 0 spiro atoms. The topological polar surface area (TPSA) is 96.0 Å². The Bertz CT molecular complexity index is 837. The van der Waals surface area contributed by atoms with Crippen LogP contribution in [0.2, 0.25) is 0 Å². The number of hydrogen-bond donors (Lipinski definition) is 1. The van der Waals surface area contributed by atoms with E-state index in [1.807, 2.05) is 0 Å². The minimum atomic E-state index is -3.61. The highest BCUT2D eigenvalue weighted by molar-refractivity contribution is 7.89. The molecule has 2 amide bonds. The number of carbonyl (C=O) groups excluding carboxylic acids is 2. The summed E-state index contributed by atoms with van der Waals surface area (Å²) in [6, 6.07) is 5.96. The summed E-state index contributed by atoms with van der Waals surface area (Å²) >= 11 is 0. The number of carbonyl (C=O) groups is 2. The molecule has 1 heterocycles. The Morgan fingerprint density at radius 3 is 2.36 bits per heavy atom. The van der Waals surface area contributed by atoms with Gasteiger partial charge in [0.2, 0.25) is 15.9 Å². The van der Waals surface area contributed by atoms with Crippen LogP contribution in [0, 0.1) is 5.92 Å². The van der Waals surface area contributed by atoms with E-state index in [1.54, 1.807) is 27.8 Å². The van der Waals surface area contributed by atoms with E-state index in [1.165, 1.54) is 33.5 Å². The van der Waals surface area contributed by atoms with Crippen molar-refractivity contribution in [1.82, 2.24) is 9.21 Å². The number of sulfonamides is 1. The SMILES string of the molecule is C=CC(=O)Nc1ccc(S(=O)(=O)N2CC(CN(C)C(=O)OC(C)(C)C)C2)cc1. The van der Waals surface area contributed by atoms with E-state index < -0.39 is 21.7 Å². The Hall–Kier alpha value is -2.39.